The first-order chi connectivity index (χ1) is 11.7. The number of hydrogen-bond acceptors (Lipinski definition) is 4. The number of hydrogen-bond donors (Lipinski definition) is 2. The van der Waals surface area contributed by atoms with Gasteiger partial charge < -0.3 is 19.8 Å². The summed E-state index contributed by atoms with van der Waals surface area (Å²) in [6.45, 7) is 6.18. The number of nitrogens with zero attached hydrogens (tertiary/aromatic N) is 2. The van der Waals surface area contributed by atoms with E-state index in [0.29, 0.717) is 12.4 Å². The highest BCUT2D eigenvalue weighted by atomic mass is 16.5. The summed E-state index contributed by atoms with van der Waals surface area (Å²) in [5.41, 5.74) is 1.80. The molecule has 1 aromatic carbocycles. The van der Waals surface area contributed by atoms with E-state index in [2.05, 4.69) is 20.6 Å². The van der Waals surface area contributed by atoms with E-state index in [1.165, 1.54) is 0 Å². The molecule has 2 rings (SSSR count). The fraction of sp³-hybridized carbons (Fsp3) is 0.444. The average Bonchev–Trinajstić information content (AvgIpc) is 3.07. The molecule has 24 heavy (non-hydrogen) atoms. The maximum absolute atomic E-state index is 5.52. The van der Waals surface area contributed by atoms with Crippen molar-refractivity contribution in [2.24, 2.45) is 4.99 Å². The smallest absolute Gasteiger partial charge is 0.226 e. The van der Waals surface area contributed by atoms with Gasteiger partial charge in [0.2, 0.25) is 5.89 Å². The van der Waals surface area contributed by atoms with Gasteiger partial charge in [-0.05, 0) is 32.4 Å². The van der Waals surface area contributed by atoms with Crippen LogP contribution in [0, 0.1) is 0 Å². The molecule has 0 aliphatic carbocycles. The minimum atomic E-state index is 0.272. The van der Waals surface area contributed by atoms with Gasteiger partial charge in [0.05, 0.1) is 18.3 Å². The van der Waals surface area contributed by atoms with Crippen LogP contribution < -0.4 is 10.6 Å². The van der Waals surface area contributed by atoms with E-state index in [1.54, 1.807) is 13.3 Å². The van der Waals surface area contributed by atoms with Gasteiger partial charge in [0.1, 0.15) is 6.26 Å². The molecule has 6 heteroatoms. The van der Waals surface area contributed by atoms with Gasteiger partial charge in [0.25, 0.3) is 0 Å². The SMILES string of the molecule is CN=C(NCCCOC(C)C)NCc1coc(-c2ccccc2)n1. The summed E-state index contributed by atoms with van der Waals surface area (Å²) >= 11 is 0. The van der Waals surface area contributed by atoms with E-state index < -0.39 is 0 Å². The molecule has 0 fully saturated rings. The highest BCUT2D eigenvalue weighted by Crippen LogP contribution is 2.17. The third kappa shape index (κ3) is 6.04. The topological polar surface area (TPSA) is 71.7 Å². The second kappa shape index (κ2) is 9.72. The van der Waals surface area contributed by atoms with Crippen LogP contribution in [0.3, 0.4) is 0 Å². The maximum Gasteiger partial charge on any atom is 0.226 e. The highest BCUT2D eigenvalue weighted by molar-refractivity contribution is 5.79. The monoisotopic (exact) mass is 330 g/mol. The molecule has 2 aromatic rings. The van der Waals surface area contributed by atoms with Gasteiger partial charge in [-0.15, -0.1) is 0 Å². The van der Waals surface area contributed by atoms with Crippen LogP contribution in [0.4, 0.5) is 0 Å². The Balaban J connectivity index is 1.74. The van der Waals surface area contributed by atoms with Gasteiger partial charge in [0.15, 0.2) is 5.96 Å². The average molecular weight is 330 g/mol. The molecule has 0 saturated carbocycles. The van der Waals surface area contributed by atoms with Crippen LogP contribution in [0.15, 0.2) is 46.0 Å². The second-order valence-corrected chi connectivity index (χ2v) is 5.64. The summed E-state index contributed by atoms with van der Waals surface area (Å²) in [4.78, 5) is 8.68. The third-order valence-corrected chi connectivity index (χ3v) is 3.30. The number of aromatic nitrogens is 1. The Morgan fingerprint density at radius 3 is 2.75 bits per heavy atom. The van der Waals surface area contributed by atoms with Crippen molar-refractivity contribution >= 4 is 5.96 Å². The molecule has 0 spiro atoms. The molecule has 6 nitrogen and oxygen atoms in total. The van der Waals surface area contributed by atoms with Crippen LogP contribution in [0.2, 0.25) is 0 Å². The number of ether oxygens (including phenoxy) is 1. The molecule has 0 saturated heterocycles. The van der Waals surface area contributed by atoms with E-state index >= 15 is 0 Å². The molecule has 0 aliphatic heterocycles. The maximum atomic E-state index is 5.52. The summed E-state index contributed by atoms with van der Waals surface area (Å²) in [7, 11) is 1.75. The fourth-order valence-electron chi connectivity index (χ4n) is 2.09. The minimum absolute atomic E-state index is 0.272. The van der Waals surface area contributed by atoms with Crippen molar-refractivity contribution in [1.29, 1.82) is 0 Å². The number of nitrogens with one attached hydrogen (secondary N) is 2. The van der Waals surface area contributed by atoms with E-state index in [4.69, 9.17) is 9.15 Å². The lowest BCUT2D eigenvalue weighted by Gasteiger charge is -2.11. The van der Waals surface area contributed by atoms with Gasteiger partial charge in [-0.2, -0.15) is 0 Å². The number of rotatable bonds is 8. The van der Waals surface area contributed by atoms with Gasteiger partial charge in [-0.3, -0.25) is 4.99 Å². The third-order valence-electron chi connectivity index (χ3n) is 3.30. The largest absolute Gasteiger partial charge is 0.444 e. The molecule has 1 heterocycles. The predicted octanol–water partition coefficient (Wildman–Crippen LogP) is 2.82. The molecule has 0 amide bonds. The van der Waals surface area contributed by atoms with E-state index in [0.717, 1.165) is 36.8 Å². The summed E-state index contributed by atoms with van der Waals surface area (Å²) in [5, 5.41) is 6.48. The molecule has 0 unspecified atom stereocenters. The Morgan fingerprint density at radius 2 is 2.04 bits per heavy atom. The standard InChI is InChI=1S/C18H26N4O2/c1-14(2)23-11-7-10-20-18(19-3)21-12-16-13-24-17(22-16)15-8-5-4-6-9-15/h4-6,8-9,13-14H,7,10-12H2,1-3H3,(H2,19,20,21). The highest BCUT2D eigenvalue weighted by Gasteiger charge is 2.06. The van der Waals surface area contributed by atoms with Crippen LogP contribution in [0.5, 0.6) is 0 Å². The molecule has 0 radical (unpaired) electrons. The lowest BCUT2D eigenvalue weighted by atomic mass is 10.2. The van der Waals surface area contributed by atoms with Crippen LogP contribution in [0.1, 0.15) is 26.0 Å². The van der Waals surface area contributed by atoms with Gasteiger partial charge in [0, 0.05) is 25.8 Å². The summed E-state index contributed by atoms with van der Waals surface area (Å²) in [6, 6.07) is 9.85. The molecule has 1 aromatic heterocycles. The van der Waals surface area contributed by atoms with Crippen molar-refractivity contribution in [2.75, 3.05) is 20.2 Å². The first-order valence-corrected chi connectivity index (χ1v) is 8.25. The Bertz CT molecular complexity index is 623. The van der Waals surface area contributed by atoms with Crippen molar-refractivity contribution in [1.82, 2.24) is 15.6 Å². The molecule has 0 atom stereocenters. The van der Waals surface area contributed by atoms with Crippen molar-refractivity contribution in [2.45, 2.75) is 32.9 Å². The molecule has 0 bridgehead atoms. The Morgan fingerprint density at radius 1 is 1.25 bits per heavy atom. The molecule has 130 valence electrons. The van der Waals surface area contributed by atoms with Crippen LogP contribution in [-0.2, 0) is 11.3 Å². The summed E-state index contributed by atoms with van der Waals surface area (Å²) in [6.07, 6.45) is 2.87. The number of benzene rings is 1. The molecule has 2 N–H and O–H groups in total. The lowest BCUT2D eigenvalue weighted by Crippen LogP contribution is -2.37. The second-order valence-electron chi connectivity index (χ2n) is 5.64. The summed E-state index contributed by atoms with van der Waals surface area (Å²) in [5.74, 6) is 1.37. The van der Waals surface area contributed by atoms with Crippen molar-refractivity contribution in [3.63, 3.8) is 0 Å². The number of oxazole rings is 1. The molecular weight excluding hydrogens is 304 g/mol. The molecule has 0 aliphatic rings. The number of aliphatic imine (C=N–C) groups is 1. The van der Waals surface area contributed by atoms with Gasteiger partial charge >= 0.3 is 0 Å². The van der Waals surface area contributed by atoms with E-state index in [1.807, 2.05) is 44.2 Å². The minimum Gasteiger partial charge on any atom is -0.444 e. The zero-order valence-electron chi connectivity index (χ0n) is 14.6. The van der Waals surface area contributed by atoms with E-state index in [9.17, 15) is 0 Å². The zero-order chi connectivity index (χ0) is 17.2. The quantitative estimate of drug-likeness (QED) is 0.442. The van der Waals surface area contributed by atoms with Crippen LogP contribution >= 0.6 is 0 Å². The Hall–Kier alpha value is -2.34. The zero-order valence-corrected chi connectivity index (χ0v) is 14.6. The first-order valence-electron chi connectivity index (χ1n) is 8.25. The van der Waals surface area contributed by atoms with Crippen molar-refractivity contribution < 1.29 is 9.15 Å². The van der Waals surface area contributed by atoms with E-state index in [-0.39, 0.29) is 6.10 Å². The first kappa shape index (κ1) is 18.0. The number of guanidine groups is 1. The van der Waals surface area contributed by atoms with Crippen molar-refractivity contribution in [3.8, 4) is 11.5 Å². The molecular formula is C18H26N4O2. The summed E-state index contributed by atoms with van der Waals surface area (Å²) < 4.78 is 11.0. The fourth-order valence-corrected chi connectivity index (χ4v) is 2.09. The predicted molar refractivity (Wildman–Crippen MR) is 95.8 cm³/mol. The Labute approximate surface area is 143 Å². The van der Waals surface area contributed by atoms with Crippen molar-refractivity contribution in [3.05, 3.63) is 42.3 Å². The van der Waals surface area contributed by atoms with Crippen LogP contribution in [0.25, 0.3) is 11.5 Å². The Kier molecular flexibility index (Phi) is 7.29. The van der Waals surface area contributed by atoms with Gasteiger partial charge in [-0.25, -0.2) is 4.98 Å². The lowest BCUT2D eigenvalue weighted by molar-refractivity contribution is 0.0776. The van der Waals surface area contributed by atoms with Gasteiger partial charge in [-0.1, -0.05) is 18.2 Å². The van der Waals surface area contributed by atoms with Crippen LogP contribution in [-0.4, -0.2) is 37.2 Å². The normalized spacial score (nSPS) is 11.8.